The quantitative estimate of drug-likeness (QED) is 0.746. The highest BCUT2D eigenvalue weighted by Crippen LogP contribution is 2.24. The van der Waals surface area contributed by atoms with E-state index in [2.05, 4.69) is 21.2 Å². The van der Waals surface area contributed by atoms with Crippen molar-refractivity contribution in [1.82, 2.24) is 10.2 Å². The van der Waals surface area contributed by atoms with Crippen LogP contribution >= 0.6 is 15.9 Å². The van der Waals surface area contributed by atoms with Crippen molar-refractivity contribution in [2.75, 3.05) is 25.4 Å². The minimum absolute atomic E-state index is 0.00502. The molecule has 2 amide bonds. The molecule has 1 aliphatic rings. The maximum Gasteiger partial charge on any atom is 0.407 e. The molecule has 0 unspecified atom stereocenters. The van der Waals surface area contributed by atoms with Crippen LogP contribution in [0.1, 0.15) is 44.0 Å². The van der Waals surface area contributed by atoms with Gasteiger partial charge in [-0.2, -0.15) is 0 Å². The number of rotatable bonds is 3. The highest BCUT2D eigenvalue weighted by Gasteiger charge is 2.25. The molecule has 0 spiro atoms. The van der Waals surface area contributed by atoms with Crippen LogP contribution in [-0.4, -0.2) is 42.1 Å². The van der Waals surface area contributed by atoms with Gasteiger partial charge in [0.2, 0.25) is 0 Å². The number of piperidine rings is 1. The minimum Gasteiger partial charge on any atom is -0.444 e. The van der Waals surface area contributed by atoms with E-state index in [4.69, 9.17) is 10.5 Å². The van der Waals surface area contributed by atoms with Crippen LogP contribution in [-0.2, 0) is 4.74 Å². The second-order valence-electron chi connectivity index (χ2n) is 7.36. The first-order valence-electron chi connectivity index (χ1n) is 8.47. The Kier molecular flexibility index (Phi) is 6.32. The zero-order chi connectivity index (χ0) is 18.6. The largest absolute Gasteiger partial charge is 0.444 e. The summed E-state index contributed by atoms with van der Waals surface area (Å²) in [6.07, 6.45) is 1.32. The Bertz CT molecular complexity index is 635. The molecule has 138 valence electrons. The van der Waals surface area contributed by atoms with E-state index in [1.807, 2.05) is 25.7 Å². The summed E-state index contributed by atoms with van der Waals surface area (Å²) < 4.78 is 5.95. The van der Waals surface area contributed by atoms with Crippen molar-refractivity contribution in [3.63, 3.8) is 0 Å². The number of hydrogen-bond donors (Lipinski definition) is 2. The summed E-state index contributed by atoms with van der Waals surface area (Å²) in [5.41, 5.74) is 6.47. The van der Waals surface area contributed by atoms with Crippen molar-refractivity contribution in [3.05, 3.63) is 28.2 Å². The van der Waals surface area contributed by atoms with E-state index in [-0.39, 0.29) is 5.91 Å². The van der Waals surface area contributed by atoms with Crippen molar-refractivity contribution < 1.29 is 14.3 Å². The molecule has 1 fully saturated rings. The van der Waals surface area contributed by atoms with Crippen LogP contribution in [0, 0.1) is 5.92 Å². The number of ether oxygens (including phenoxy) is 1. The first kappa shape index (κ1) is 19.6. The van der Waals surface area contributed by atoms with Crippen LogP contribution in [0.4, 0.5) is 10.5 Å². The first-order chi connectivity index (χ1) is 11.7. The average molecular weight is 412 g/mol. The number of amides is 2. The maximum atomic E-state index is 12.6. The van der Waals surface area contributed by atoms with Gasteiger partial charge in [0.1, 0.15) is 5.60 Å². The molecule has 1 aromatic rings. The Morgan fingerprint density at radius 3 is 2.52 bits per heavy atom. The normalized spacial score (nSPS) is 15.8. The van der Waals surface area contributed by atoms with Gasteiger partial charge in [0.15, 0.2) is 0 Å². The van der Waals surface area contributed by atoms with E-state index in [1.54, 1.807) is 18.2 Å². The van der Waals surface area contributed by atoms with Crippen molar-refractivity contribution in [1.29, 1.82) is 0 Å². The van der Waals surface area contributed by atoms with Crippen LogP contribution in [0.25, 0.3) is 0 Å². The number of carbonyl (C=O) groups excluding carboxylic acids is 2. The lowest BCUT2D eigenvalue weighted by Gasteiger charge is -2.32. The number of nitrogens with one attached hydrogen (secondary N) is 1. The van der Waals surface area contributed by atoms with Gasteiger partial charge in [-0.1, -0.05) is 0 Å². The molecule has 2 rings (SSSR count). The van der Waals surface area contributed by atoms with E-state index in [0.29, 0.717) is 41.3 Å². The van der Waals surface area contributed by atoms with Crippen molar-refractivity contribution >= 4 is 33.6 Å². The number of likely N-dealkylation sites (tertiary alicyclic amines) is 1. The van der Waals surface area contributed by atoms with Gasteiger partial charge in [-0.05, 0) is 73.7 Å². The summed E-state index contributed by atoms with van der Waals surface area (Å²) in [6.45, 7) is 7.44. The molecule has 0 bridgehead atoms. The molecular weight excluding hydrogens is 386 g/mol. The lowest BCUT2D eigenvalue weighted by atomic mass is 9.96. The molecule has 0 aromatic heterocycles. The molecule has 0 radical (unpaired) electrons. The standard InChI is InChI=1S/C18H26BrN3O3/c1-18(2,3)25-17(24)21-11-12-6-8-22(9-7-12)16(23)14-5-4-13(20)10-15(14)19/h4-5,10,12H,6-9,11,20H2,1-3H3,(H,21,24). The number of hydrogen-bond acceptors (Lipinski definition) is 4. The molecule has 25 heavy (non-hydrogen) atoms. The van der Waals surface area contributed by atoms with Gasteiger partial charge < -0.3 is 20.7 Å². The number of alkyl carbamates (subject to hydrolysis) is 1. The average Bonchev–Trinajstić information content (AvgIpc) is 2.51. The fourth-order valence-electron chi connectivity index (χ4n) is 2.76. The van der Waals surface area contributed by atoms with Gasteiger partial charge in [-0.25, -0.2) is 4.79 Å². The van der Waals surface area contributed by atoms with Gasteiger partial charge in [-0.15, -0.1) is 0 Å². The summed E-state index contributed by atoms with van der Waals surface area (Å²) in [5, 5.41) is 2.81. The smallest absolute Gasteiger partial charge is 0.407 e. The third-order valence-corrected chi connectivity index (χ3v) is 4.72. The number of nitrogen functional groups attached to an aromatic ring is 1. The number of anilines is 1. The number of carbonyl (C=O) groups is 2. The number of nitrogens with two attached hydrogens (primary N) is 1. The molecule has 3 N–H and O–H groups in total. The summed E-state index contributed by atoms with van der Waals surface area (Å²) in [7, 11) is 0. The van der Waals surface area contributed by atoms with Crippen LogP contribution < -0.4 is 11.1 Å². The molecule has 1 aromatic carbocycles. The maximum absolute atomic E-state index is 12.6. The van der Waals surface area contributed by atoms with Crippen molar-refractivity contribution in [3.8, 4) is 0 Å². The van der Waals surface area contributed by atoms with Crippen LogP contribution in [0.3, 0.4) is 0 Å². The lowest BCUT2D eigenvalue weighted by molar-refractivity contribution is 0.0500. The zero-order valence-corrected chi connectivity index (χ0v) is 16.6. The molecule has 0 atom stereocenters. The number of halogens is 1. The van der Waals surface area contributed by atoms with Gasteiger partial charge in [-0.3, -0.25) is 4.79 Å². The van der Waals surface area contributed by atoms with Gasteiger partial charge in [0.05, 0.1) is 5.56 Å². The van der Waals surface area contributed by atoms with E-state index < -0.39 is 11.7 Å². The van der Waals surface area contributed by atoms with Gasteiger partial charge in [0, 0.05) is 29.8 Å². The van der Waals surface area contributed by atoms with E-state index in [9.17, 15) is 9.59 Å². The van der Waals surface area contributed by atoms with E-state index in [1.165, 1.54) is 0 Å². The Morgan fingerprint density at radius 1 is 1.32 bits per heavy atom. The molecular formula is C18H26BrN3O3. The summed E-state index contributed by atoms with van der Waals surface area (Å²) in [6, 6.07) is 5.22. The van der Waals surface area contributed by atoms with Crippen LogP contribution in [0.2, 0.25) is 0 Å². The molecule has 7 heteroatoms. The summed E-state index contributed by atoms with van der Waals surface area (Å²) in [4.78, 5) is 26.2. The first-order valence-corrected chi connectivity index (χ1v) is 9.26. The SMILES string of the molecule is CC(C)(C)OC(=O)NCC1CCN(C(=O)c2ccc(N)cc2Br)CC1. The van der Waals surface area contributed by atoms with E-state index >= 15 is 0 Å². The monoisotopic (exact) mass is 411 g/mol. The molecule has 1 saturated heterocycles. The second-order valence-corrected chi connectivity index (χ2v) is 8.21. The molecule has 1 aliphatic heterocycles. The lowest BCUT2D eigenvalue weighted by Crippen LogP contribution is -2.42. The van der Waals surface area contributed by atoms with Crippen LogP contribution in [0.5, 0.6) is 0 Å². The predicted octanol–water partition coefficient (Wildman–Crippen LogP) is 3.41. The Morgan fingerprint density at radius 2 is 1.96 bits per heavy atom. The number of benzene rings is 1. The highest BCUT2D eigenvalue weighted by molar-refractivity contribution is 9.10. The zero-order valence-electron chi connectivity index (χ0n) is 15.0. The number of nitrogens with zero attached hydrogens (tertiary/aromatic N) is 1. The Labute approximate surface area is 157 Å². The molecule has 1 heterocycles. The summed E-state index contributed by atoms with van der Waals surface area (Å²) in [5.74, 6) is 0.358. The van der Waals surface area contributed by atoms with Crippen LogP contribution in [0.15, 0.2) is 22.7 Å². The van der Waals surface area contributed by atoms with Gasteiger partial charge >= 0.3 is 6.09 Å². The third kappa shape index (κ3) is 5.92. The molecule has 0 aliphatic carbocycles. The highest BCUT2D eigenvalue weighted by atomic mass is 79.9. The second kappa shape index (κ2) is 8.08. The molecule has 0 saturated carbocycles. The fraction of sp³-hybridized carbons (Fsp3) is 0.556. The minimum atomic E-state index is -0.494. The molecule has 6 nitrogen and oxygen atoms in total. The fourth-order valence-corrected chi connectivity index (χ4v) is 3.32. The predicted molar refractivity (Wildman–Crippen MR) is 101 cm³/mol. The Balaban J connectivity index is 1.81. The van der Waals surface area contributed by atoms with E-state index in [0.717, 1.165) is 12.8 Å². The third-order valence-electron chi connectivity index (χ3n) is 4.06. The summed E-state index contributed by atoms with van der Waals surface area (Å²) >= 11 is 3.40. The van der Waals surface area contributed by atoms with Gasteiger partial charge in [0.25, 0.3) is 5.91 Å². The topological polar surface area (TPSA) is 84.7 Å². The van der Waals surface area contributed by atoms with Crippen molar-refractivity contribution in [2.45, 2.75) is 39.2 Å². The Hall–Kier alpha value is -1.76. The van der Waals surface area contributed by atoms with Crippen molar-refractivity contribution in [2.24, 2.45) is 5.92 Å².